The highest BCUT2D eigenvalue weighted by molar-refractivity contribution is 5.71. The van der Waals surface area contributed by atoms with Crippen LogP contribution in [0.3, 0.4) is 0 Å². The van der Waals surface area contributed by atoms with Gasteiger partial charge in [0.25, 0.3) is 0 Å². The van der Waals surface area contributed by atoms with Crippen molar-refractivity contribution in [1.82, 2.24) is 4.98 Å². The van der Waals surface area contributed by atoms with Gasteiger partial charge in [-0.3, -0.25) is 4.79 Å². The van der Waals surface area contributed by atoms with Crippen molar-refractivity contribution in [3.63, 3.8) is 0 Å². The van der Waals surface area contributed by atoms with Crippen LogP contribution in [0.25, 0.3) is 23.6 Å². The highest BCUT2D eigenvalue weighted by Gasteiger charge is 2.09. The lowest BCUT2D eigenvalue weighted by atomic mass is 10.1. The van der Waals surface area contributed by atoms with Crippen LogP contribution in [-0.2, 0) is 17.8 Å². The van der Waals surface area contributed by atoms with Crippen LogP contribution in [0.5, 0.6) is 5.75 Å². The van der Waals surface area contributed by atoms with Gasteiger partial charge in [0.15, 0.2) is 0 Å². The summed E-state index contributed by atoms with van der Waals surface area (Å²) in [5.74, 6) is 1.09. The number of aryl methyl sites for hydroxylation is 1. The average molecular weight is 425 g/mol. The standard InChI is InChI=1S/C27H23NO4/c1-19-24(28-27(32-19)22-7-3-2-4-8-22)16-15-20-11-13-21(14-12-20)18-31-25-10-6-5-9-23(25)17-26(29)30/h2-16H,17-18H2,1H3,(H,29,30). The Morgan fingerprint density at radius 2 is 1.69 bits per heavy atom. The molecule has 0 saturated carbocycles. The van der Waals surface area contributed by atoms with Crippen molar-refractivity contribution in [2.75, 3.05) is 0 Å². The van der Waals surface area contributed by atoms with Gasteiger partial charge in [-0.1, -0.05) is 66.7 Å². The van der Waals surface area contributed by atoms with Gasteiger partial charge in [0.1, 0.15) is 23.8 Å². The minimum Gasteiger partial charge on any atom is -0.489 e. The number of benzene rings is 3. The Labute approximate surface area is 186 Å². The van der Waals surface area contributed by atoms with E-state index in [1.165, 1.54) is 0 Å². The molecule has 3 aromatic carbocycles. The molecule has 160 valence electrons. The average Bonchev–Trinajstić information content (AvgIpc) is 3.18. The molecule has 1 heterocycles. The molecule has 4 rings (SSSR count). The van der Waals surface area contributed by atoms with E-state index in [0.717, 1.165) is 28.1 Å². The van der Waals surface area contributed by atoms with Crippen LogP contribution >= 0.6 is 0 Å². The summed E-state index contributed by atoms with van der Waals surface area (Å²) in [4.78, 5) is 15.6. The molecule has 5 nitrogen and oxygen atoms in total. The van der Waals surface area contributed by atoms with E-state index in [4.69, 9.17) is 14.3 Å². The summed E-state index contributed by atoms with van der Waals surface area (Å²) in [6.45, 7) is 2.27. The number of hydrogen-bond acceptors (Lipinski definition) is 4. The summed E-state index contributed by atoms with van der Waals surface area (Å²) >= 11 is 0. The van der Waals surface area contributed by atoms with Gasteiger partial charge in [0, 0.05) is 11.1 Å². The molecule has 0 bridgehead atoms. The molecule has 4 aromatic rings. The fraction of sp³-hybridized carbons (Fsp3) is 0.111. The Morgan fingerprint density at radius 3 is 2.44 bits per heavy atom. The maximum absolute atomic E-state index is 11.0. The number of carboxylic acid groups (broad SMARTS) is 1. The fourth-order valence-corrected chi connectivity index (χ4v) is 3.28. The van der Waals surface area contributed by atoms with E-state index in [2.05, 4.69) is 4.98 Å². The van der Waals surface area contributed by atoms with Crippen LogP contribution in [0.1, 0.15) is 28.1 Å². The third-order valence-electron chi connectivity index (χ3n) is 4.98. The van der Waals surface area contributed by atoms with Crippen molar-refractivity contribution < 1.29 is 19.1 Å². The molecule has 0 aliphatic carbocycles. The molecule has 0 atom stereocenters. The lowest BCUT2D eigenvalue weighted by Gasteiger charge is -2.10. The van der Waals surface area contributed by atoms with E-state index in [9.17, 15) is 4.79 Å². The lowest BCUT2D eigenvalue weighted by Crippen LogP contribution is -2.04. The summed E-state index contributed by atoms with van der Waals surface area (Å²) in [6, 6.07) is 25.0. The van der Waals surface area contributed by atoms with Crippen LogP contribution < -0.4 is 4.74 Å². The van der Waals surface area contributed by atoms with Gasteiger partial charge >= 0.3 is 5.97 Å². The highest BCUT2D eigenvalue weighted by atomic mass is 16.5. The number of para-hydroxylation sites is 1. The molecule has 1 aromatic heterocycles. The van der Waals surface area contributed by atoms with Crippen LogP contribution in [0, 0.1) is 6.92 Å². The molecule has 0 fully saturated rings. The molecule has 0 aliphatic rings. The predicted octanol–water partition coefficient (Wildman–Crippen LogP) is 6.03. The third kappa shape index (κ3) is 5.32. The second-order valence-electron chi connectivity index (χ2n) is 7.37. The Morgan fingerprint density at radius 1 is 0.969 bits per heavy atom. The molecule has 5 heteroatoms. The molecule has 0 saturated heterocycles. The molecular formula is C27H23NO4. The van der Waals surface area contributed by atoms with Crippen LogP contribution in [0.2, 0.25) is 0 Å². The van der Waals surface area contributed by atoms with Gasteiger partial charge in [-0.15, -0.1) is 0 Å². The van der Waals surface area contributed by atoms with Gasteiger partial charge in [-0.05, 0) is 42.3 Å². The zero-order valence-corrected chi connectivity index (χ0v) is 17.7. The fourth-order valence-electron chi connectivity index (χ4n) is 3.28. The molecular weight excluding hydrogens is 402 g/mol. The van der Waals surface area contributed by atoms with Crippen molar-refractivity contribution >= 4 is 18.1 Å². The van der Waals surface area contributed by atoms with Crippen LogP contribution in [0.4, 0.5) is 0 Å². The number of aliphatic carboxylic acids is 1. The second kappa shape index (κ2) is 9.79. The monoisotopic (exact) mass is 425 g/mol. The Bertz CT molecular complexity index is 1220. The van der Waals surface area contributed by atoms with E-state index < -0.39 is 5.97 Å². The number of rotatable bonds is 8. The van der Waals surface area contributed by atoms with E-state index in [1.807, 2.05) is 85.8 Å². The third-order valence-corrected chi connectivity index (χ3v) is 4.98. The molecule has 0 amide bonds. The number of carbonyl (C=O) groups is 1. The minimum absolute atomic E-state index is 0.0621. The molecule has 0 radical (unpaired) electrons. The quantitative estimate of drug-likeness (QED) is 0.373. The number of ether oxygens (including phenoxy) is 1. The van der Waals surface area contributed by atoms with Crippen molar-refractivity contribution in [2.24, 2.45) is 0 Å². The first-order chi connectivity index (χ1) is 15.6. The van der Waals surface area contributed by atoms with Gasteiger partial charge in [0.2, 0.25) is 5.89 Å². The number of aromatic nitrogens is 1. The van der Waals surface area contributed by atoms with Crippen molar-refractivity contribution in [3.05, 3.63) is 107 Å². The summed E-state index contributed by atoms with van der Waals surface area (Å²) in [5, 5.41) is 9.04. The Balaban J connectivity index is 1.40. The second-order valence-corrected chi connectivity index (χ2v) is 7.37. The molecule has 32 heavy (non-hydrogen) atoms. The maximum atomic E-state index is 11.0. The van der Waals surface area contributed by atoms with E-state index in [1.54, 1.807) is 12.1 Å². The first-order valence-electron chi connectivity index (χ1n) is 10.3. The maximum Gasteiger partial charge on any atom is 0.307 e. The smallest absolute Gasteiger partial charge is 0.307 e. The van der Waals surface area contributed by atoms with Crippen molar-refractivity contribution in [1.29, 1.82) is 0 Å². The molecule has 0 aliphatic heterocycles. The van der Waals surface area contributed by atoms with E-state index in [-0.39, 0.29) is 6.42 Å². The largest absolute Gasteiger partial charge is 0.489 e. The zero-order valence-electron chi connectivity index (χ0n) is 17.7. The Kier molecular flexibility index (Phi) is 6.46. The minimum atomic E-state index is -0.879. The molecule has 1 N–H and O–H groups in total. The van der Waals surface area contributed by atoms with Gasteiger partial charge in [-0.25, -0.2) is 4.98 Å². The summed E-state index contributed by atoms with van der Waals surface area (Å²) in [6.07, 6.45) is 3.87. The molecule has 0 spiro atoms. The summed E-state index contributed by atoms with van der Waals surface area (Å²) in [5.41, 5.74) is 4.44. The van der Waals surface area contributed by atoms with E-state index >= 15 is 0 Å². The normalized spacial score (nSPS) is 11.0. The predicted molar refractivity (Wildman–Crippen MR) is 124 cm³/mol. The van der Waals surface area contributed by atoms with Crippen LogP contribution in [0.15, 0.2) is 83.3 Å². The number of oxazole rings is 1. The first kappa shape index (κ1) is 21.1. The number of hydrogen-bond donors (Lipinski definition) is 1. The lowest BCUT2D eigenvalue weighted by molar-refractivity contribution is -0.136. The van der Waals surface area contributed by atoms with Gasteiger partial charge in [0.05, 0.1) is 6.42 Å². The molecule has 0 unspecified atom stereocenters. The SMILES string of the molecule is Cc1oc(-c2ccccc2)nc1C=Cc1ccc(COc2ccccc2CC(=O)O)cc1. The number of nitrogens with zero attached hydrogens (tertiary/aromatic N) is 1. The first-order valence-corrected chi connectivity index (χ1v) is 10.3. The summed E-state index contributed by atoms with van der Waals surface area (Å²) < 4.78 is 11.7. The van der Waals surface area contributed by atoms with Crippen molar-refractivity contribution in [3.8, 4) is 17.2 Å². The topological polar surface area (TPSA) is 72.6 Å². The zero-order chi connectivity index (χ0) is 22.3. The van der Waals surface area contributed by atoms with Crippen molar-refractivity contribution in [2.45, 2.75) is 20.0 Å². The Hall–Kier alpha value is -4.12. The number of carboxylic acids is 1. The van der Waals surface area contributed by atoms with Gasteiger partial charge in [-0.2, -0.15) is 0 Å². The van der Waals surface area contributed by atoms with E-state index in [0.29, 0.717) is 23.8 Å². The van der Waals surface area contributed by atoms with Gasteiger partial charge < -0.3 is 14.3 Å². The highest BCUT2D eigenvalue weighted by Crippen LogP contribution is 2.23. The van der Waals surface area contributed by atoms with Crippen LogP contribution in [-0.4, -0.2) is 16.1 Å². The summed E-state index contributed by atoms with van der Waals surface area (Å²) in [7, 11) is 0.